The average Bonchev–Trinajstić information content (AvgIpc) is 3.17. The molecule has 1 aliphatic carbocycles. The Labute approximate surface area is 184 Å². The number of hydrogen-bond donors (Lipinski definition) is 0. The fraction of sp³-hybridized carbons (Fsp3) is 0.480. The van der Waals surface area contributed by atoms with E-state index in [1.807, 2.05) is 35.2 Å². The Bertz CT molecular complexity index is 848. The number of anilines is 1. The Morgan fingerprint density at radius 3 is 2.57 bits per heavy atom. The molecule has 0 radical (unpaired) electrons. The summed E-state index contributed by atoms with van der Waals surface area (Å²) in [7, 11) is 2.25. The maximum absolute atomic E-state index is 12.3. The Hall–Kier alpha value is -1.98. The van der Waals surface area contributed by atoms with Crippen LogP contribution < -0.4 is 9.64 Å². The molecule has 4 rings (SSSR count). The molecule has 30 heavy (non-hydrogen) atoms. The molecule has 0 N–H and O–H groups in total. The molecule has 1 saturated carbocycles. The second-order valence-electron chi connectivity index (χ2n) is 8.37. The van der Waals surface area contributed by atoms with Crippen molar-refractivity contribution in [3.8, 4) is 5.75 Å². The van der Waals surface area contributed by atoms with E-state index in [0.29, 0.717) is 0 Å². The summed E-state index contributed by atoms with van der Waals surface area (Å²) in [6, 6.07) is 17.1. The summed E-state index contributed by atoms with van der Waals surface area (Å²) < 4.78 is 5.98. The standard InChI is InChI=1S/C25H32N2O2S/c1-19(28)27-23-11-6-7-12-24(23)30-25(27)20-13-15-22(16-14-20)29-18-8-17-26(2)21-9-4-3-5-10-21/h6-7,11-16,21,25H,3-5,8-10,17-18H2,1-2H3. The first-order valence-electron chi connectivity index (χ1n) is 11.1. The van der Waals surface area contributed by atoms with Gasteiger partial charge in [0.25, 0.3) is 0 Å². The quantitative estimate of drug-likeness (QED) is 0.520. The van der Waals surface area contributed by atoms with E-state index in [4.69, 9.17) is 4.74 Å². The van der Waals surface area contributed by atoms with Gasteiger partial charge in [-0.3, -0.25) is 9.69 Å². The van der Waals surface area contributed by atoms with Gasteiger partial charge in [0.2, 0.25) is 5.91 Å². The minimum Gasteiger partial charge on any atom is -0.494 e. The maximum atomic E-state index is 12.3. The van der Waals surface area contributed by atoms with Gasteiger partial charge >= 0.3 is 0 Å². The molecule has 160 valence electrons. The van der Waals surface area contributed by atoms with Gasteiger partial charge in [0.1, 0.15) is 11.1 Å². The summed E-state index contributed by atoms with van der Waals surface area (Å²) >= 11 is 1.73. The van der Waals surface area contributed by atoms with Crippen molar-refractivity contribution in [3.63, 3.8) is 0 Å². The molecule has 1 fully saturated rings. The van der Waals surface area contributed by atoms with Crippen LogP contribution in [0.15, 0.2) is 53.4 Å². The molecule has 1 aliphatic heterocycles. The molecular formula is C25H32N2O2S. The van der Waals surface area contributed by atoms with Crippen molar-refractivity contribution in [3.05, 3.63) is 54.1 Å². The first kappa shape index (κ1) is 21.3. The molecule has 0 saturated heterocycles. The fourth-order valence-electron chi connectivity index (χ4n) is 4.54. The van der Waals surface area contributed by atoms with Crippen LogP contribution in [-0.2, 0) is 4.79 Å². The predicted molar refractivity (Wildman–Crippen MR) is 124 cm³/mol. The van der Waals surface area contributed by atoms with Crippen molar-refractivity contribution in [2.45, 2.75) is 61.8 Å². The first-order valence-corrected chi connectivity index (χ1v) is 12.0. The Morgan fingerprint density at radius 1 is 1.10 bits per heavy atom. The Balaban J connectivity index is 1.29. The summed E-state index contributed by atoms with van der Waals surface area (Å²) in [6.45, 7) is 3.46. The zero-order valence-electron chi connectivity index (χ0n) is 18.0. The minimum absolute atomic E-state index is 0.0157. The van der Waals surface area contributed by atoms with Crippen molar-refractivity contribution in [2.24, 2.45) is 0 Å². The van der Waals surface area contributed by atoms with Gasteiger partial charge < -0.3 is 9.64 Å². The lowest BCUT2D eigenvalue weighted by atomic mass is 9.94. The van der Waals surface area contributed by atoms with Gasteiger partial charge in [0.05, 0.1) is 12.3 Å². The summed E-state index contributed by atoms with van der Waals surface area (Å²) in [6.07, 6.45) is 7.89. The molecule has 4 nitrogen and oxygen atoms in total. The number of para-hydroxylation sites is 1. The van der Waals surface area contributed by atoms with Gasteiger partial charge in [-0.2, -0.15) is 0 Å². The highest BCUT2D eigenvalue weighted by Gasteiger charge is 2.33. The normalized spacial score (nSPS) is 19.2. The molecule has 1 amide bonds. The van der Waals surface area contributed by atoms with Crippen LogP contribution in [-0.4, -0.2) is 37.0 Å². The van der Waals surface area contributed by atoms with Gasteiger partial charge in [0.15, 0.2) is 0 Å². The lowest BCUT2D eigenvalue weighted by Crippen LogP contribution is -2.34. The van der Waals surface area contributed by atoms with Crippen LogP contribution in [0.4, 0.5) is 5.69 Å². The van der Waals surface area contributed by atoms with Crippen molar-refractivity contribution in [1.82, 2.24) is 4.90 Å². The molecule has 1 heterocycles. The summed E-state index contributed by atoms with van der Waals surface area (Å²) in [4.78, 5) is 17.8. The number of thioether (sulfide) groups is 1. The molecule has 1 unspecified atom stereocenters. The van der Waals surface area contributed by atoms with E-state index in [-0.39, 0.29) is 11.3 Å². The predicted octanol–water partition coefficient (Wildman–Crippen LogP) is 5.88. The molecule has 2 aromatic carbocycles. The van der Waals surface area contributed by atoms with E-state index in [1.165, 1.54) is 32.1 Å². The van der Waals surface area contributed by atoms with Gasteiger partial charge in [-0.15, -0.1) is 0 Å². The molecule has 1 atom stereocenters. The number of benzene rings is 2. The molecule has 2 aromatic rings. The second kappa shape index (κ2) is 9.88. The number of ether oxygens (including phenoxy) is 1. The van der Waals surface area contributed by atoms with Crippen LogP contribution in [0.5, 0.6) is 5.75 Å². The van der Waals surface area contributed by atoms with E-state index in [1.54, 1.807) is 18.7 Å². The Kier molecular flexibility index (Phi) is 7.00. The van der Waals surface area contributed by atoms with Crippen molar-refractivity contribution in [2.75, 3.05) is 25.1 Å². The number of carbonyl (C=O) groups is 1. The number of amides is 1. The van der Waals surface area contributed by atoms with E-state index >= 15 is 0 Å². The van der Waals surface area contributed by atoms with Gasteiger partial charge in [0, 0.05) is 24.4 Å². The first-order chi connectivity index (χ1) is 14.6. The molecule has 0 aromatic heterocycles. The van der Waals surface area contributed by atoms with Crippen LogP contribution in [0.3, 0.4) is 0 Å². The van der Waals surface area contributed by atoms with E-state index in [9.17, 15) is 4.79 Å². The molecule has 5 heteroatoms. The van der Waals surface area contributed by atoms with Gasteiger partial charge in [-0.05, 0) is 56.1 Å². The SMILES string of the molecule is CC(=O)N1c2ccccc2SC1c1ccc(OCCCN(C)C2CCCCC2)cc1. The van der Waals surface area contributed by atoms with Crippen LogP contribution in [0.2, 0.25) is 0 Å². The third-order valence-corrected chi connectivity index (χ3v) is 7.53. The van der Waals surface area contributed by atoms with Crippen LogP contribution in [0, 0.1) is 0 Å². The minimum atomic E-state index is -0.0157. The van der Waals surface area contributed by atoms with Gasteiger partial charge in [-0.25, -0.2) is 0 Å². The number of fused-ring (bicyclic) bond motifs is 1. The highest BCUT2D eigenvalue weighted by molar-refractivity contribution is 8.00. The van der Waals surface area contributed by atoms with E-state index in [2.05, 4.69) is 30.1 Å². The summed E-state index contributed by atoms with van der Waals surface area (Å²) in [5.74, 6) is 0.966. The zero-order chi connectivity index (χ0) is 20.9. The fourth-order valence-corrected chi connectivity index (χ4v) is 5.89. The van der Waals surface area contributed by atoms with Crippen molar-refractivity contribution in [1.29, 1.82) is 0 Å². The number of nitrogens with zero attached hydrogens (tertiary/aromatic N) is 2. The number of carbonyl (C=O) groups excluding carboxylic acids is 1. The van der Waals surface area contributed by atoms with Crippen LogP contribution in [0.25, 0.3) is 0 Å². The smallest absolute Gasteiger partial charge is 0.225 e. The molecule has 2 aliphatic rings. The average molecular weight is 425 g/mol. The van der Waals surface area contributed by atoms with Crippen LogP contribution in [0.1, 0.15) is 56.4 Å². The lowest BCUT2D eigenvalue weighted by molar-refractivity contribution is -0.116. The molecule has 0 spiro atoms. The summed E-state index contributed by atoms with van der Waals surface area (Å²) in [5, 5.41) is -0.0157. The lowest BCUT2D eigenvalue weighted by Gasteiger charge is -2.31. The van der Waals surface area contributed by atoms with E-state index < -0.39 is 0 Å². The van der Waals surface area contributed by atoms with Crippen molar-refractivity contribution >= 4 is 23.4 Å². The maximum Gasteiger partial charge on any atom is 0.225 e. The second-order valence-corrected chi connectivity index (χ2v) is 9.49. The summed E-state index contributed by atoms with van der Waals surface area (Å²) in [5.41, 5.74) is 2.12. The van der Waals surface area contributed by atoms with E-state index in [0.717, 1.165) is 47.5 Å². The third kappa shape index (κ3) is 4.84. The van der Waals surface area contributed by atoms with Crippen molar-refractivity contribution < 1.29 is 9.53 Å². The zero-order valence-corrected chi connectivity index (χ0v) is 18.9. The molecule has 0 bridgehead atoms. The third-order valence-electron chi connectivity index (χ3n) is 6.22. The highest BCUT2D eigenvalue weighted by atomic mass is 32.2. The topological polar surface area (TPSA) is 32.8 Å². The monoisotopic (exact) mass is 424 g/mol. The Morgan fingerprint density at radius 2 is 1.83 bits per heavy atom. The largest absolute Gasteiger partial charge is 0.494 e. The number of hydrogen-bond acceptors (Lipinski definition) is 4. The van der Waals surface area contributed by atoms with Crippen LogP contribution >= 0.6 is 11.8 Å². The molecular weight excluding hydrogens is 392 g/mol. The van der Waals surface area contributed by atoms with Gasteiger partial charge in [-0.1, -0.05) is 55.3 Å². The highest BCUT2D eigenvalue weighted by Crippen LogP contribution is 2.51. The number of rotatable bonds is 7.